The van der Waals surface area contributed by atoms with Crippen LogP contribution in [0.1, 0.15) is 38.1 Å². The first kappa shape index (κ1) is 24.0. The molecule has 0 aromatic heterocycles. The molecule has 1 atom stereocenters. The molecule has 0 fully saturated rings. The van der Waals surface area contributed by atoms with Gasteiger partial charge in [-0.05, 0) is 37.4 Å². The van der Waals surface area contributed by atoms with Gasteiger partial charge in [-0.25, -0.2) is 4.79 Å². The van der Waals surface area contributed by atoms with Crippen molar-refractivity contribution in [3.63, 3.8) is 0 Å². The summed E-state index contributed by atoms with van der Waals surface area (Å²) in [5, 5.41) is 2.51. The lowest BCUT2D eigenvalue weighted by Gasteiger charge is -2.17. The van der Waals surface area contributed by atoms with Crippen molar-refractivity contribution in [2.45, 2.75) is 42.7 Å². The van der Waals surface area contributed by atoms with E-state index in [1.807, 2.05) is 30.5 Å². The van der Waals surface area contributed by atoms with E-state index in [0.717, 1.165) is 10.6 Å². The number of para-hydroxylation sites is 1. The zero-order valence-corrected chi connectivity index (χ0v) is 19.5. The van der Waals surface area contributed by atoms with Crippen molar-refractivity contribution in [1.82, 2.24) is 0 Å². The Morgan fingerprint density at radius 1 is 1.00 bits per heavy atom. The van der Waals surface area contributed by atoms with E-state index >= 15 is 0 Å². The van der Waals surface area contributed by atoms with Crippen LogP contribution in [0.5, 0.6) is 0 Å². The average molecular weight is 446 g/mol. The van der Waals surface area contributed by atoms with Gasteiger partial charge in [0.05, 0.1) is 16.5 Å². The van der Waals surface area contributed by atoms with Crippen LogP contribution in [-0.4, -0.2) is 35.8 Å². The minimum absolute atomic E-state index is 0.152. The maximum absolute atomic E-state index is 12.7. The van der Waals surface area contributed by atoms with Gasteiger partial charge in [0, 0.05) is 15.2 Å². The van der Waals surface area contributed by atoms with E-state index < -0.39 is 16.6 Å². The number of esters is 1. The summed E-state index contributed by atoms with van der Waals surface area (Å²) in [6, 6.07) is 14.5. The number of amides is 1. The lowest BCUT2D eigenvalue weighted by Crippen LogP contribution is -2.26. The van der Waals surface area contributed by atoms with Crippen molar-refractivity contribution in [3.05, 3.63) is 54.1 Å². The van der Waals surface area contributed by atoms with Crippen LogP contribution >= 0.6 is 23.5 Å². The van der Waals surface area contributed by atoms with Gasteiger partial charge in [0.15, 0.2) is 12.4 Å². The number of ketones is 1. The summed E-state index contributed by atoms with van der Waals surface area (Å²) in [6.07, 6.45) is 1.95. The van der Waals surface area contributed by atoms with Gasteiger partial charge in [0.1, 0.15) is 0 Å². The van der Waals surface area contributed by atoms with Crippen LogP contribution < -0.4 is 5.32 Å². The fraction of sp³-hybridized carbons (Fsp3) is 0.348. The maximum Gasteiger partial charge on any atom is 0.339 e. The lowest BCUT2D eigenvalue weighted by molar-refractivity contribution is -0.129. The number of hydrogen-bond donors (Lipinski definition) is 1. The number of thioether (sulfide) groups is 2. The Balaban J connectivity index is 2.07. The van der Waals surface area contributed by atoms with E-state index in [-0.39, 0.29) is 18.3 Å². The molecule has 0 aliphatic heterocycles. The molecule has 0 aliphatic rings. The lowest BCUT2D eigenvalue weighted by atomic mass is 9.91. The molecule has 2 aromatic rings. The molecule has 5 nitrogen and oxygen atoms in total. The molecule has 0 heterocycles. The minimum Gasteiger partial charge on any atom is -0.454 e. The van der Waals surface area contributed by atoms with E-state index in [0.29, 0.717) is 10.5 Å². The van der Waals surface area contributed by atoms with E-state index in [2.05, 4.69) is 5.32 Å². The standard InChI is InChI=1S/C23H27NO4S2/c1-15(21(26)24-17-11-7-9-13-19(17)29-5)30-18-12-8-6-10-16(18)22(27)28-14-20(25)23(2,3)4/h6-13,15H,14H2,1-5H3,(H,24,26). The summed E-state index contributed by atoms with van der Waals surface area (Å²) in [6.45, 7) is 6.85. The largest absolute Gasteiger partial charge is 0.454 e. The van der Waals surface area contributed by atoms with Crippen molar-refractivity contribution in [2.75, 3.05) is 18.2 Å². The third-order valence-electron chi connectivity index (χ3n) is 4.32. The highest BCUT2D eigenvalue weighted by Crippen LogP contribution is 2.30. The quantitative estimate of drug-likeness (QED) is 0.439. The van der Waals surface area contributed by atoms with E-state index in [4.69, 9.17) is 4.74 Å². The molecule has 1 N–H and O–H groups in total. The van der Waals surface area contributed by atoms with Gasteiger partial charge in [0.25, 0.3) is 0 Å². The van der Waals surface area contributed by atoms with E-state index in [9.17, 15) is 14.4 Å². The molecular weight excluding hydrogens is 418 g/mol. The van der Waals surface area contributed by atoms with Gasteiger partial charge < -0.3 is 10.1 Å². The van der Waals surface area contributed by atoms with Gasteiger partial charge >= 0.3 is 5.97 Å². The van der Waals surface area contributed by atoms with Crippen LogP contribution in [0.2, 0.25) is 0 Å². The second-order valence-electron chi connectivity index (χ2n) is 7.70. The highest BCUT2D eigenvalue weighted by atomic mass is 32.2. The Morgan fingerprint density at radius 2 is 1.60 bits per heavy atom. The molecule has 30 heavy (non-hydrogen) atoms. The van der Waals surface area contributed by atoms with Crippen LogP contribution in [0, 0.1) is 5.41 Å². The Kier molecular flexibility index (Phi) is 8.55. The molecule has 160 valence electrons. The molecule has 0 spiro atoms. The molecule has 1 unspecified atom stereocenters. The minimum atomic E-state index is -0.575. The van der Waals surface area contributed by atoms with Crippen molar-refractivity contribution in [3.8, 4) is 0 Å². The number of carbonyl (C=O) groups excluding carboxylic acids is 3. The second kappa shape index (κ2) is 10.7. The Labute approximate surface area is 186 Å². The first-order valence-electron chi connectivity index (χ1n) is 9.53. The van der Waals surface area contributed by atoms with Crippen LogP contribution in [-0.2, 0) is 14.3 Å². The fourth-order valence-electron chi connectivity index (χ4n) is 2.39. The molecule has 0 bridgehead atoms. The maximum atomic E-state index is 12.7. The molecule has 0 aliphatic carbocycles. The molecule has 0 radical (unpaired) electrons. The topological polar surface area (TPSA) is 72.5 Å². The molecule has 1 amide bonds. The van der Waals surface area contributed by atoms with Crippen LogP contribution in [0.3, 0.4) is 0 Å². The fourth-order valence-corrected chi connectivity index (χ4v) is 3.93. The smallest absolute Gasteiger partial charge is 0.339 e. The summed E-state index contributed by atoms with van der Waals surface area (Å²) in [5.41, 5.74) is 0.526. The van der Waals surface area contributed by atoms with E-state index in [1.165, 1.54) is 11.8 Å². The highest BCUT2D eigenvalue weighted by molar-refractivity contribution is 8.00. The van der Waals surface area contributed by atoms with Crippen molar-refractivity contribution in [2.24, 2.45) is 5.41 Å². The average Bonchev–Trinajstić information content (AvgIpc) is 2.71. The number of hydrogen-bond acceptors (Lipinski definition) is 6. The van der Waals surface area contributed by atoms with Crippen molar-refractivity contribution < 1.29 is 19.1 Å². The summed E-state index contributed by atoms with van der Waals surface area (Å²) in [5.74, 6) is -0.884. The molecule has 0 saturated carbocycles. The summed E-state index contributed by atoms with van der Waals surface area (Å²) in [7, 11) is 0. The number of rotatable bonds is 8. The zero-order chi connectivity index (χ0) is 22.3. The van der Waals surface area contributed by atoms with Gasteiger partial charge in [-0.15, -0.1) is 23.5 Å². The van der Waals surface area contributed by atoms with Gasteiger partial charge in [-0.1, -0.05) is 45.0 Å². The van der Waals surface area contributed by atoms with Crippen molar-refractivity contribution in [1.29, 1.82) is 0 Å². The summed E-state index contributed by atoms with van der Waals surface area (Å²) < 4.78 is 5.22. The van der Waals surface area contributed by atoms with Crippen molar-refractivity contribution >= 4 is 46.9 Å². The number of nitrogens with one attached hydrogen (secondary N) is 1. The zero-order valence-electron chi connectivity index (χ0n) is 17.9. The van der Waals surface area contributed by atoms with Gasteiger partial charge in [0.2, 0.25) is 5.91 Å². The molecule has 0 saturated heterocycles. The third kappa shape index (κ3) is 6.64. The summed E-state index contributed by atoms with van der Waals surface area (Å²) >= 11 is 2.83. The van der Waals surface area contributed by atoms with Crippen LogP contribution in [0.25, 0.3) is 0 Å². The normalized spacial score (nSPS) is 12.2. The first-order chi connectivity index (χ1) is 14.1. The predicted octanol–water partition coefficient (Wildman–Crippen LogP) is 5.30. The number of carbonyl (C=O) groups is 3. The second-order valence-corrected chi connectivity index (χ2v) is 9.93. The predicted molar refractivity (Wildman–Crippen MR) is 123 cm³/mol. The monoisotopic (exact) mass is 445 g/mol. The summed E-state index contributed by atoms with van der Waals surface area (Å²) in [4.78, 5) is 38.9. The van der Waals surface area contributed by atoms with Crippen LogP contribution in [0.15, 0.2) is 58.3 Å². The van der Waals surface area contributed by atoms with Crippen LogP contribution in [0.4, 0.5) is 5.69 Å². The molecule has 7 heteroatoms. The number of ether oxygens (including phenoxy) is 1. The number of Topliss-reactive ketones (excluding diaryl/α,β-unsaturated/α-hetero) is 1. The Bertz CT molecular complexity index is 921. The Morgan fingerprint density at radius 3 is 2.23 bits per heavy atom. The highest BCUT2D eigenvalue weighted by Gasteiger charge is 2.24. The first-order valence-corrected chi connectivity index (χ1v) is 11.6. The van der Waals surface area contributed by atoms with E-state index in [1.54, 1.807) is 63.7 Å². The van der Waals surface area contributed by atoms with Gasteiger partial charge in [-0.2, -0.15) is 0 Å². The third-order valence-corrected chi connectivity index (χ3v) is 6.29. The molecular formula is C23H27NO4S2. The van der Waals surface area contributed by atoms with Gasteiger partial charge in [-0.3, -0.25) is 9.59 Å². The number of benzene rings is 2. The Hall–Kier alpha value is -2.25. The molecule has 2 rings (SSSR count). The number of anilines is 1. The SMILES string of the molecule is CSc1ccccc1NC(=O)C(C)Sc1ccccc1C(=O)OCC(=O)C(C)(C)C. The molecule has 2 aromatic carbocycles.